The van der Waals surface area contributed by atoms with Crippen LogP contribution < -0.4 is 4.31 Å². The van der Waals surface area contributed by atoms with Gasteiger partial charge in [-0.3, -0.25) is 9.10 Å². The minimum absolute atomic E-state index is 0.190. The van der Waals surface area contributed by atoms with Crippen LogP contribution in [0.1, 0.15) is 37.4 Å². The Kier molecular flexibility index (Phi) is 4.90. The lowest BCUT2D eigenvalue weighted by Gasteiger charge is -2.21. The van der Waals surface area contributed by atoms with Crippen molar-refractivity contribution in [1.29, 1.82) is 0 Å². The van der Waals surface area contributed by atoms with E-state index in [1.165, 1.54) is 21.9 Å². The molecule has 0 aliphatic carbocycles. The van der Waals surface area contributed by atoms with Crippen LogP contribution in [0.4, 0.5) is 5.69 Å². The first-order valence-electron chi connectivity index (χ1n) is 8.06. The summed E-state index contributed by atoms with van der Waals surface area (Å²) in [6.07, 6.45) is 1.71. The standard InChI is InChI=1S/C18H19NO5S2/c1-11-8-14-9-13(5-6-15(14)19(11)26(3,22)23)16(20)10-24-18(21)17-7-4-12(2)25-17/h4-7,9,11H,8,10H2,1-3H3/t11-/m1/s1. The SMILES string of the molecule is Cc1ccc(C(=O)OCC(=O)c2ccc3c(c2)C[C@@H](C)N3S(C)(=O)=O)s1. The zero-order chi connectivity index (χ0) is 19.1. The van der Waals surface area contributed by atoms with Gasteiger partial charge in [-0.25, -0.2) is 13.2 Å². The molecule has 6 nitrogen and oxygen atoms in total. The zero-order valence-corrected chi connectivity index (χ0v) is 16.3. The summed E-state index contributed by atoms with van der Waals surface area (Å²) >= 11 is 1.31. The minimum atomic E-state index is -3.37. The second kappa shape index (κ2) is 6.85. The van der Waals surface area contributed by atoms with E-state index < -0.39 is 16.0 Å². The number of sulfonamides is 1. The summed E-state index contributed by atoms with van der Waals surface area (Å²) in [5.74, 6) is -0.839. The molecule has 0 bridgehead atoms. The fourth-order valence-electron chi connectivity index (χ4n) is 3.11. The number of carbonyl (C=O) groups excluding carboxylic acids is 2. The van der Waals surface area contributed by atoms with Gasteiger partial charge in [-0.15, -0.1) is 11.3 Å². The molecule has 0 radical (unpaired) electrons. The van der Waals surface area contributed by atoms with Crippen LogP contribution in [0.15, 0.2) is 30.3 Å². The predicted molar refractivity (Wildman–Crippen MR) is 101 cm³/mol. The van der Waals surface area contributed by atoms with Gasteiger partial charge in [0.2, 0.25) is 10.0 Å². The predicted octanol–water partition coefficient (Wildman–Crippen LogP) is 2.81. The molecule has 26 heavy (non-hydrogen) atoms. The van der Waals surface area contributed by atoms with Crippen molar-refractivity contribution < 1.29 is 22.7 Å². The Morgan fingerprint density at radius 1 is 1.27 bits per heavy atom. The van der Waals surface area contributed by atoms with E-state index >= 15 is 0 Å². The summed E-state index contributed by atoms with van der Waals surface area (Å²) in [4.78, 5) is 25.7. The molecule has 3 rings (SSSR count). The number of aryl methyl sites for hydroxylation is 1. The first-order valence-corrected chi connectivity index (χ1v) is 10.7. The third-order valence-electron chi connectivity index (χ3n) is 4.19. The Morgan fingerprint density at radius 3 is 2.62 bits per heavy atom. The van der Waals surface area contributed by atoms with E-state index in [2.05, 4.69) is 0 Å². The second-order valence-corrected chi connectivity index (χ2v) is 9.51. The number of fused-ring (bicyclic) bond motifs is 1. The Labute approximate surface area is 156 Å². The Hall–Kier alpha value is -2.19. The molecular formula is C18H19NO5S2. The van der Waals surface area contributed by atoms with E-state index in [9.17, 15) is 18.0 Å². The molecule has 1 aromatic heterocycles. The van der Waals surface area contributed by atoms with Crippen molar-refractivity contribution >= 4 is 38.8 Å². The van der Waals surface area contributed by atoms with Gasteiger partial charge in [0.05, 0.1) is 11.9 Å². The summed E-state index contributed by atoms with van der Waals surface area (Å²) in [6.45, 7) is 3.37. The molecule has 2 heterocycles. The van der Waals surface area contributed by atoms with Crippen LogP contribution in [0.5, 0.6) is 0 Å². The van der Waals surface area contributed by atoms with Gasteiger partial charge < -0.3 is 4.74 Å². The second-order valence-electron chi connectivity index (χ2n) is 6.37. The van der Waals surface area contributed by atoms with Crippen LogP contribution in [0.25, 0.3) is 0 Å². The van der Waals surface area contributed by atoms with Gasteiger partial charge in [0.1, 0.15) is 4.88 Å². The van der Waals surface area contributed by atoms with Crippen LogP contribution in [-0.2, 0) is 21.2 Å². The van der Waals surface area contributed by atoms with Crippen LogP contribution >= 0.6 is 11.3 Å². The molecule has 1 aromatic carbocycles. The maximum absolute atomic E-state index is 12.3. The third-order valence-corrected chi connectivity index (χ3v) is 6.44. The highest BCUT2D eigenvalue weighted by molar-refractivity contribution is 7.92. The number of Topliss-reactive ketones (excluding diaryl/α,β-unsaturated/α-hetero) is 1. The number of ether oxygens (including phenoxy) is 1. The topological polar surface area (TPSA) is 80.8 Å². The number of nitrogens with zero attached hydrogens (tertiary/aromatic N) is 1. The average molecular weight is 393 g/mol. The Morgan fingerprint density at radius 2 is 2.00 bits per heavy atom. The number of benzene rings is 1. The highest BCUT2D eigenvalue weighted by Crippen LogP contribution is 2.34. The van der Waals surface area contributed by atoms with Crippen molar-refractivity contribution in [3.63, 3.8) is 0 Å². The molecule has 0 fully saturated rings. The molecule has 1 atom stereocenters. The van der Waals surface area contributed by atoms with Gasteiger partial charge in [-0.05, 0) is 56.2 Å². The lowest BCUT2D eigenvalue weighted by atomic mass is 10.0. The largest absolute Gasteiger partial charge is 0.453 e. The number of hydrogen-bond acceptors (Lipinski definition) is 6. The zero-order valence-electron chi connectivity index (χ0n) is 14.7. The molecule has 2 aromatic rings. The summed E-state index contributed by atoms with van der Waals surface area (Å²) in [5, 5.41) is 0. The van der Waals surface area contributed by atoms with Gasteiger partial charge in [0, 0.05) is 16.5 Å². The van der Waals surface area contributed by atoms with E-state index in [0.717, 1.165) is 10.4 Å². The normalized spacial score (nSPS) is 16.4. The van der Waals surface area contributed by atoms with Crippen molar-refractivity contribution in [3.8, 4) is 0 Å². The summed E-state index contributed by atoms with van der Waals surface area (Å²) in [7, 11) is -3.37. The highest BCUT2D eigenvalue weighted by Gasteiger charge is 2.32. The third kappa shape index (κ3) is 3.66. The maximum Gasteiger partial charge on any atom is 0.348 e. The fourth-order valence-corrected chi connectivity index (χ4v) is 5.14. The van der Waals surface area contributed by atoms with Crippen molar-refractivity contribution in [3.05, 3.63) is 51.2 Å². The maximum atomic E-state index is 12.3. The molecular weight excluding hydrogens is 374 g/mol. The van der Waals surface area contributed by atoms with Crippen LogP contribution in [0.3, 0.4) is 0 Å². The quantitative estimate of drug-likeness (QED) is 0.576. The number of rotatable bonds is 5. The number of thiophene rings is 1. The molecule has 0 amide bonds. The Bertz CT molecular complexity index is 977. The van der Waals surface area contributed by atoms with E-state index in [0.29, 0.717) is 22.5 Å². The van der Waals surface area contributed by atoms with Crippen LogP contribution in [0.2, 0.25) is 0 Å². The number of ketones is 1. The number of hydrogen-bond donors (Lipinski definition) is 0. The molecule has 0 saturated carbocycles. The summed E-state index contributed by atoms with van der Waals surface area (Å²) in [6, 6.07) is 8.19. The van der Waals surface area contributed by atoms with Crippen molar-refractivity contribution in [2.75, 3.05) is 17.2 Å². The molecule has 0 N–H and O–H groups in total. The van der Waals surface area contributed by atoms with Crippen molar-refractivity contribution in [2.24, 2.45) is 0 Å². The van der Waals surface area contributed by atoms with E-state index in [1.807, 2.05) is 19.9 Å². The lowest BCUT2D eigenvalue weighted by Crippen LogP contribution is -2.34. The molecule has 0 spiro atoms. The van der Waals surface area contributed by atoms with Crippen LogP contribution in [-0.4, -0.2) is 39.1 Å². The van der Waals surface area contributed by atoms with Gasteiger partial charge in [0.15, 0.2) is 12.4 Å². The van der Waals surface area contributed by atoms with E-state index in [-0.39, 0.29) is 18.4 Å². The minimum Gasteiger partial charge on any atom is -0.453 e. The van der Waals surface area contributed by atoms with Crippen molar-refractivity contribution in [2.45, 2.75) is 26.3 Å². The van der Waals surface area contributed by atoms with Crippen molar-refractivity contribution in [1.82, 2.24) is 0 Å². The lowest BCUT2D eigenvalue weighted by molar-refractivity contribution is 0.0479. The van der Waals surface area contributed by atoms with Gasteiger partial charge in [-0.2, -0.15) is 0 Å². The first kappa shape index (κ1) is 18.6. The number of carbonyl (C=O) groups is 2. The monoisotopic (exact) mass is 393 g/mol. The van der Waals surface area contributed by atoms with Gasteiger partial charge in [-0.1, -0.05) is 0 Å². The smallest absolute Gasteiger partial charge is 0.348 e. The fraction of sp³-hybridized carbons (Fsp3) is 0.333. The van der Waals surface area contributed by atoms with Gasteiger partial charge in [0.25, 0.3) is 0 Å². The first-order chi connectivity index (χ1) is 12.2. The Balaban J connectivity index is 1.72. The highest BCUT2D eigenvalue weighted by atomic mass is 32.2. The summed E-state index contributed by atoms with van der Waals surface area (Å²) < 4.78 is 30.3. The van der Waals surface area contributed by atoms with Gasteiger partial charge >= 0.3 is 5.97 Å². The average Bonchev–Trinajstić information content (AvgIpc) is 3.13. The van der Waals surface area contributed by atoms with E-state index in [1.54, 1.807) is 24.3 Å². The molecule has 0 unspecified atom stereocenters. The molecule has 0 saturated heterocycles. The molecule has 1 aliphatic rings. The molecule has 1 aliphatic heterocycles. The summed E-state index contributed by atoms with van der Waals surface area (Å²) in [5.41, 5.74) is 1.80. The molecule has 8 heteroatoms. The van der Waals surface area contributed by atoms with E-state index in [4.69, 9.17) is 4.74 Å². The number of esters is 1. The molecule has 138 valence electrons. The van der Waals surface area contributed by atoms with Crippen LogP contribution in [0, 0.1) is 6.92 Å². The number of anilines is 1.